The molecule has 0 fully saturated rings. The van der Waals surface area contributed by atoms with Gasteiger partial charge in [0.05, 0.1) is 38.6 Å². The van der Waals surface area contributed by atoms with Gasteiger partial charge in [-0.1, -0.05) is 103 Å². The van der Waals surface area contributed by atoms with Crippen LogP contribution < -0.4 is 24.3 Å². The second-order valence-electron chi connectivity index (χ2n) is 15.4. The van der Waals surface area contributed by atoms with Crippen molar-refractivity contribution in [1.29, 1.82) is 0 Å². The number of aliphatic hydroxyl groups is 1. The number of nitrogens with zero attached hydrogens (tertiary/aromatic N) is 3. The molecule has 2 heterocycles. The first-order valence-corrected chi connectivity index (χ1v) is 21.9. The minimum atomic E-state index is -5.15. The molecule has 0 amide bonds. The van der Waals surface area contributed by atoms with E-state index < -0.39 is 35.5 Å². The van der Waals surface area contributed by atoms with Crippen molar-refractivity contribution in [3.8, 4) is 45.4 Å². The van der Waals surface area contributed by atoms with Gasteiger partial charge in [0.2, 0.25) is 0 Å². The second-order valence-corrected chi connectivity index (χ2v) is 15.4. The molecule has 5 aromatic carbocycles. The van der Waals surface area contributed by atoms with Crippen molar-refractivity contribution in [3.63, 3.8) is 0 Å². The van der Waals surface area contributed by atoms with E-state index in [1.54, 1.807) is 54.6 Å². The topological polar surface area (TPSA) is 118 Å². The molecule has 0 saturated heterocycles. The van der Waals surface area contributed by atoms with Gasteiger partial charge in [0.25, 0.3) is 0 Å². The molecule has 0 aliphatic carbocycles. The van der Waals surface area contributed by atoms with Crippen LogP contribution in [0, 0.1) is 0 Å². The summed E-state index contributed by atoms with van der Waals surface area (Å²) in [5.74, 6) is 2.10. The van der Waals surface area contributed by atoms with Crippen molar-refractivity contribution in [2.75, 3.05) is 59.3 Å². The highest BCUT2D eigenvalue weighted by molar-refractivity contribution is 5.90. The van der Waals surface area contributed by atoms with Crippen molar-refractivity contribution in [3.05, 3.63) is 162 Å². The summed E-state index contributed by atoms with van der Waals surface area (Å²) < 4.78 is 119. The predicted molar refractivity (Wildman–Crippen MR) is 243 cm³/mol. The molecule has 2 aromatic heterocycles. The maximum atomic E-state index is 14.1. The summed E-state index contributed by atoms with van der Waals surface area (Å²) in [6.45, 7) is 3.04. The Bertz CT molecular complexity index is 2620. The Morgan fingerprint density at radius 3 is 1.93 bits per heavy atom. The molecule has 0 aliphatic heterocycles. The van der Waals surface area contributed by atoms with Crippen molar-refractivity contribution in [2.24, 2.45) is 0 Å². The van der Waals surface area contributed by atoms with E-state index in [9.17, 15) is 31.4 Å². The zero-order valence-corrected chi connectivity index (χ0v) is 36.8. The standard InChI is InChI=1S/C51H50F6N4O7/c52-50(53,54)45-32-46(51(55,56)57)61-49(59-45)47(48(60-61)39-16-8-3-9-17-39)38-18-20-41(21-19-38)65-30-29-64-28-27-63-26-24-58-33-40(62)35-67-42-22-23-43(68-34-37-13-6-2-7-14-37)44(31-42)66-25-10-15-36-11-4-1-5-12-36/h1-9,11-14,16-23,31-32,40,58,62H,10,15,24-30,33-35H2/t40-/m1/s1. The van der Waals surface area contributed by atoms with E-state index >= 15 is 0 Å². The van der Waals surface area contributed by atoms with Crippen LogP contribution in [0.4, 0.5) is 26.3 Å². The van der Waals surface area contributed by atoms with Crippen LogP contribution >= 0.6 is 0 Å². The highest BCUT2D eigenvalue weighted by atomic mass is 19.4. The van der Waals surface area contributed by atoms with Crippen LogP contribution in [0.2, 0.25) is 0 Å². The van der Waals surface area contributed by atoms with Crippen molar-refractivity contribution >= 4 is 5.65 Å². The van der Waals surface area contributed by atoms with Gasteiger partial charge < -0.3 is 38.8 Å². The van der Waals surface area contributed by atoms with Crippen LogP contribution in [0.15, 0.2) is 140 Å². The SMILES string of the molecule is O[C@H](CNCCOCCOCCOc1ccc(-c2c(-c3ccccc3)nn3c(C(F)(F)F)cc(C(F)(F)F)nc23)cc1)COc1ccc(OCc2ccccc2)c(OCCCc2ccccc2)c1. The van der Waals surface area contributed by atoms with E-state index in [-0.39, 0.29) is 55.9 Å². The lowest BCUT2D eigenvalue weighted by Crippen LogP contribution is -2.33. The molecule has 0 radical (unpaired) electrons. The highest BCUT2D eigenvalue weighted by Crippen LogP contribution is 2.41. The van der Waals surface area contributed by atoms with Gasteiger partial charge in [0.1, 0.15) is 48.8 Å². The van der Waals surface area contributed by atoms with Crippen LogP contribution in [0.5, 0.6) is 23.0 Å². The summed E-state index contributed by atoms with van der Waals surface area (Å²) in [4.78, 5) is 3.62. The van der Waals surface area contributed by atoms with Gasteiger partial charge in [0, 0.05) is 24.7 Å². The molecular formula is C51H50F6N4O7. The van der Waals surface area contributed by atoms with Gasteiger partial charge >= 0.3 is 12.4 Å². The zero-order chi connectivity index (χ0) is 47.8. The lowest BCUT2D eigenvalue weighted by molar-refractivity contribution is -0.148. The minimum absolute atomic E-state index is 0.00275. The molecule has 0 saturated carbocycles. The zero-order valence-electron chi connectivity index (χ0n) is 36.8. The molecule has 7 aromatic rings. The molecule has 68 heavy (non-hydrogen) atoms. The average Bonchev–Trinajstić information content (AvgIpc) is 3.73. The van der Waals surface area contributed by atoms with Crippen LogP contribution in [0.1, 0.15) is 28.9 Å². The molecule has 0 aliphatic rings. The molecule has 11 nitrogen and oxygen atoms in total. The summed E-state index contributed by atoms with van der Waals surface area (Å²) in [6.07, 6.45) is -9.37. The number of ether oxygens (including phenoxy) is 6. The summed E-state index contributed by atoms with van der Waals surface area (Å²) in [7, 11) is 0. The van der Waals surface area contributed by atoms with Gasteiger partial charge in [-0.25, -0.2) is 9.50 Å². The second kappa shape index (κ2) is 23.9. The quantitative estimate of drug-likeness (QED) is 0.0424. The number of aryl methyl sites for hydroxylation is 1. The van der Waals surface area contributed by atoms with Crippen LogP contribution in [0.25, 0.3) is 28.0 Å². The lowest BCUT2D eigenvalue weighted by atomic mass is 10.0. The van der Waals surface area contributed by atoms with E-state index in [2.05, 4.69) is 27.5 Å². The highest BCUT2D eigenvalue weighted by Gasteiger charge is 2.41. The van der Waals surface area contributed by atoms with Crippen molar-refractivity contribution < 1.29 is 59.9 Å². The molecule has 7 rings (SSSR count). The minimum Gasteiger partial charge on any atom is -0.491 e. The Kier molecular flexibility index (Phi) is 17.3. The fraction of sp³-hybridized carbons (Fsp3) is 0.294. The number of hydrogen-bond acceptors (Lipinski definition) is 10. The molecule has 1 atom stereocenters. The average molecular weight is 945 g/mol. The number of nitrogens with one attached hydrogen (secondary N) is 1. The first-order chi connectivity index (χ1) is 32.9. The molecule has 17 heteroatoms. The normalized spacial score (nSPS) is 12.3. The van der Waals surface area contributed by atoms with Gasteiger partial charge in [-0.05, 0) is 59.9 Å². The number of aliphatic hydroxyl groups excluding tert-OH is 1. The fourth-order valence-electron chi connectivity index (χ4n) is 7.00. The van der Waals surface area contributed by atoms with Crippen LogP contribution in [0.3, 0.4) is 0 Å². The number of benzene rings is 5. The first-order valence-electron chi connectivity index (χ1n) is 21.9. The summed E-state index contributed by atoms with van der Waals surface area (Å²) >= 11 is 0. The number of fused-ring (bicyclic) bond motifs is 1. The Hall–Kier alpha value is -6.66. The molecule has 0 unspecified atom stereocenters. The van der Waals surface area contributed by atoms with Crippen molar-refractivity contribution in [2.45, 2.75) is 37.9 Å². The lowest BCUT2D eigenvalue weighted by Gasteiger charge is -2.17. The Labute approximate surface area is 389 Å². The third-order valence-electron chi connectivity index (χ3n) is 10.3. The number of rotatable bonds is 25. The predicted octanol–water partition coefficient (Wildman–Crippen LogP) is 10.1. The largest absolute Gasteiger partial charge is 0.491 e. The first kappa shape index (κ1) is 49.3. The van der Waals surface area contributed by atoms with Crippen LogP contribution in [-0.2, 0) is 34.9 Å². The van der Waals surface area contributed by atoms with E-state index in [4.69, 9.17) is 28.4 Å². The number of aromatic nitrogens is 3. The van der Waals surface area contributed by atoms with Gasteiger partial charge in [-0.15, -0.1) is 0 Å². The number of hydrogen-bond donors (Lipinski definition) is 2. The Balaban J connectivity index is 0.804. The van der Waals surface area contributed by atoms with E-state index in [0.717, 1.165) is 18.4 Å². The van der Waals surface area contributed by atoms with Crippen molar-refractivity contribution in [1.82, 2.24) is 19.9 Å². The number of halogens is 6. The van der Waals surface area contributed by atoms with E-state index in [1.807, 2.05) is 54.6 Å². The van der Waals surface area contributed by atoms with E-state index in [1.165, 1.54) is 17.7 Å². The monoisotopic (exact) mass is 944 g/mol. The Morgan fingerprint density at radius 1 is 0.588 bits per heavy atom. The molecular weight excluding hydrogens is 895 g/mol. The Morgan fingerprint density at radius 2 is 1.24 bits per heavy atom. The van der Waals surface area contributed by atoms with Gasteiger partial charge in [-0.3, -0.25) is 0 Å². The summed E-state index contributed by atoms with van der Waals surface area (Å²) in [5.41, 5.74) is -0.910. The smallest absolute Gasteiger partial charge is 0.433 e. The maximum Gasteiger partial charge on any atom is 0.433 e. The van der Waals surface area contributed by atoms with Crippen LogP contribution in [-0.4, -0.2) is 85.1 Å². The number of alkyl halides is 6. The van der Waals surface area contributed by atoms with Gasteiger partial charge in [-0.2, -0.15) is 31.4 Å². The molecule has 0 bridgehead atoms. The van der Waals surface area contributed by atoms with Gasteiger partial charge in [0.15, 0.2) is 22.8 Å². The summed E-state index contributed by atoms with van der Waals surface area (Å²) in [5, 5.41) is 17.8. The molecule has 0 spiro atoms. The van der Waals surface area contributed by atoms with E-state index in [0.29, 0.717) is 66.0 Å². The molecule has 358 valence electrons. The molecule has 2 N–H and O–H groups in total. The fourth-order valence-corrected chi connectivity index (χ4v) is 7.00. The maximum absolute atomic E-state index is 14.1. The summed E-state index contributed by atoms with van der Waals surface area (Å²) in [6, 6.07) is 39.7. The third kappa shape index (κ3) is 14.2. The third-order valence-corrected chi connectivity index (χ3v) is 10.3.